The van der Waals surface area contributed by atoms with Crippen molar-refractivity contribution in [3.05, 3.63) is 42.0 Å². The molecule has 114 valence electrons. The van der Waals surface area contributed by atoms with Gasteiger partial charge >= 0.3 is 0 Å². The monoisotopic (exact) mass is 289 g/mol. The summed E-state index contributed by atoms with van der Waals surface area (Å²) in [4.78, 5) is 11.9. The van der Waals surface area contributed by atoms with E-state index in [0.29, 0.717) is 0 Å². The molecule has 1 atom stereocenters. The first-order valence-corrected chi connectivity index (χ1v) is 7.43. The van der Waals surface area contributed by atoms with Gasteiger partial charge in [-0.15, -0.1) is 0 Å². The maximum atomic E-state index is 11.9. The van der Waals surface area contributed by atoms with Crippen molar-refractivity contribution in [2.45, 2.75) is 38.9 Å². The Morgan fingerprint density at radius 1 is 1.38 bits per heavy atom. The molecule has 1 aliphatic carbocycles. The van der Waals surface area contributed by atoms with Gasteiger partial charge in [0.05, 0.1) is 12.2 Å². The van der Waals surface area contributed by atoms with Crippen LogP contribution in [0.5, 0.6) is 5.75 Å². The van der Waals surface area contributed by atoms with Crippen molar-refractivity contribution >= 4 is 5.91 Å². The molecule has 0 bridgehead atoms. The van der Waals surface area contributed by atoms with E-state index in [4.69, 9.17) is 4.74 Å². The number of amides is 1. The van der Waals surface area contributed by atoms with Gasteiger partial charge in [-0.25, -0.2) is 0 Å². The summed E-state index contributed by atoms with van der Waals surface area (Å²) in [6, 6.07) is 7.35. The maximum absolute atomic E-state index is 11.9. The maximum Gasteiger partial charge on any atom is 0.223 e. The van der Waals surface area contributed by atoms with Crippen molar-refractivity contribution in [2.24, 2.45) is 5.92 Å². The van der Waals surface area contributed by atoms with Crippen LogP contribution >= 0.6 is 0 Å². The SMILES string of the molecule is CC(C)Oc1cccc(C(O)CNC(=O)C2CC=CC2)c1. The van der Waals surface area contributed by atoms with E-state index in [1.54, 1.807) is 0 Å². The molecule has 21 heavy (non-hydrogen) atoms. The predicted octanol–water partition coefficient (Wildman–Crippen LogP) is 2.59. The van der Waals surface area contributed by atoms with Crippen LogP contribution in [0.4, 0.5) is 0 Å². The van der Waals surface area contributed by atoms with E-state index in [1.807, 2.05) is 50.3 Å². The first-order chi connectivity index (χ1) is 10.1. The molecule has 0 aromatic heterocycles. The van der Waals surface area contributed by atoms with E-state index >= 15 is 0 Å². The molecular weight excluding hydrogens is 266 g/mol. The highest BCUT2D eigenvalue weighted by atomic mass is 16.5. The number of rotatable bonds is 6. The van der Waals surface area contributed by atoms with E-state index in [1.165, 1.54) is 0 Å². The van der Waals surface area contributed by atoms with Crippen LogP contribution in [0, 0.1) is 5.92 Å². The highest BCUT2D eigenvalue weighted by molar-refractivity contribution is 5.79. The van der Waals surface area contributed by atoms with Crippen molar-refractivity contribution in [1.29, 1.82) is 0 Å². The summed E-state index contributed by atoms with van der Waals surface area (Å²) in [6.07, 6.45) is 4.99. The van der Waals surface area contributed by atoms with Crippen LogP contribution in [0.25, 0.3) is 0 Å². The second-order valence-corrected chi connectivity index (χ2v) is 5.64. The minimum Gasteiger partial charge on any atom is -0.491 e. The van der Waals surface area contributed by atoms with Gasteiger partial charge < -0.3 is 15.2 Å². The van der Waals surface area contributed by atoms with Crippen molar-refractivity contribution in [3.8, 4) is 5.75 Å². The van der Waals surface area contributed by atoms with E-state index in [-0.39, 0.29) is 24.5 Å². The second kappa shape index (κ2) is 7.27. The minimum absolute atomic E-state index is 0.00800. The Morgan fingerprint density at radius 2 is 2.10 bits per heavy atom. The molecule has 1 amide bonds. The number of hydrogen-bond donors (Lipinski definition) is 2. The standard InChI is InChI=1S/C17H23NO3/c1-12(2)21-15-9-5-8-14(10-15)16(19)11-18-17(20)13-6-3-4-7-13/h3-5,8-10,12-13,16,19H,6-7,11H2,1-2H3,(H,18,20). The van der Waals surface area contributed by atoms with Crippen LogP contribution in [-0.4, -0.2) is 23.7 Å². The molecule has 1 aromatic carbocycles. The molecule has 4 heteroatoms. The van der Waals surface area contributed by atoms with E-state index in [9.17, 15) is 9.90 Å². The molecule has 0 fully saturated rings. The molecular formula is C17H23NO3. The fourth-order valence-corrected chi connectivity index (χ4v) is 2.36. The zero-order chi connectivity index (χ0) is 15.2. The van der Waals surface area contributed by atoms with E-state index in [2.05, 4.69) is 5.32 Å². The summed E-state index contributed by atoms with van der Waals surface area (Å²) < 4.78 is 5.61. The Morgan fingerprint density at radius 3 is 2.76 bits per heavy atom. The van der Waals surface area contributed by atoms with Gasteiger partial charge in [0.2, 0.25) is 5.91 Å². The smallest absolute Gasteiger partial charge is 0.223 e. The van der Waals surface area contributed by atoms with Gasteiger partial charge in [0, 0.05) is 12.5 Å². The summed E-state index contributed by atoms with van der Waals surface area (Å²) in [7, 11) is 0. The Hall–Kier alpha value is -1.81. The third-order valence-electron chi connectivity index (χ3n) is 3.46. The zero-order valence-electron chi connectivity index (χ0n) is 12.6. The number of carbonyl (C=O) groups is 1. The lowest BCUT2D eigenvalue weighted by Crippen LogP contribution is -2.32. The van der Waals surface area contributed by atoms with Gasteiger partial charge in [-0.2, -0.15) is 0 Å². The predicted molar refractivity (Wildman–Crippen MR) is 82.0 cm³/mol. The second-order valence-electron chi connectivity index (χ2n) is 5.64. The number of hydrogen-bond acceptors (Lipinski definition) is 3. The summed E-state index contributed by atoms with van der Waals surface area (Å²) in [5, 5.41) is 13.0. The van der Waals surface area contributed by atoms with Crippen molar-refractivity contribution in [1.82, 2.24) is 5.32 Å². The molecule has 0 saturated carbocycles. The van der Waals surface area contributed by atoms with Crippen LogP contribution < -0.4 is 10.1 Å². The summed E-state index contributed by atoms with van der Waals surface area (Å²) in [5.74, 6) is 0.759. The molecule has 1 aliphatic rings. The lowest BCUT2D eigenvalue weighted by atomic mass is 10.1. The summed E-state index contributed by atoms with van der Waals surface area (Å²) in [5.41, 5.74) is 0.748. The molecule has 0 saturated heterocycles. The van der Waals surface area contributed by atoms with E-state index < -0.39 is 6.10 Å². The largest absolute Gasteiger partial charge is 0.491 e. The number of ether oxygens (including phenoxy) is 1. The van der Waals surface area contributed by atoms with Crippen LogP contribution in [0.15, 0.2) is 36.4 Å². The molecule has 0 spiro atoms. The summed E-state index contributed by atoms with van der Waals surface area (Å²) in [6.45, 7) is 4.14. The highest BCUT2D eigenvalue weighted by Crippen LogP contribution is 2.21. The fraction of sp³-hybridized carbons (Fsp3) is 0.471. The number of aliphatic hydroxyl groups excluding tert-OH is 1. The van der Waals surface area contributed by atoms with Crippen LogP contribution in [0.1, 0.15) is 38.4 Å². The van der Waals surface area contributed by atoms with Crippen LogP contribution in [0.3, 0.4) is 0 Å². The third kappa shape index (κ3) is 4.60. The number of carbonyl (C=O) groups excluding carboxylic acids is 1. The van der Waals surface area contributed by atoms with Gasteiger partial charge in [-0.1, -0.05) is 24.3 Å². The van der Waals surface area contributed by atoms with Crippen LogP contribution in [0.2, 0.25) is 0 Å². The molecule has 1 unspecified atom stereocenters. The number of benzene rings is 1. The Kier molecular flexibility index (Phi) is 5.39. The van der Waals surface area contributed by atoms with Crippen LogP contribution in [-0.2, 0) is 4.79 Å². The molecule has 0 aliphatic heterocycles. The topological polar surface area (TPSA) is 58.6 Å². The van der Waals surface area contributed by atoms with E-state index in [0.717, 1.165) is 24.2 Å². The number of nitrogens with one attached hydrogen (secondary N) is 1. The number of aliphatic hydroxyl groups is 1. The van der Waals surface area contributed by atoms with Gasteiger partial charge in [0.1, 0.15) is 5.75 Å². The molecule has 2 rings (SSSR count). The lowest BCUT2D eigenvalue weighted by molar-refractivity contribution is -0.125. The van der Waals surface area contributed by atoms with Crippen molar-refractivity contribution in [3.63, 3.8) is 0 Å². The molecule has 4 nitrogen and oxygen atoms in total. The Bertz CT molecular complexity index is 503. The first-order valence-electron chi connectivity index (χ1n) is 7.43. The minimum atomic E-state index is -0.723. The Labute approximate surface area is 125 Å². The van der Waals surface area contributed by atoms with Crippen molar-refractivity contribution < 1.29 is 14.6 Å². The van der Waals surface area contributed by atoms with Crippen molar-refractivity contribution in [2.75, 3.05) is 6.54 Å². The molecule has 2 N–H and O–H groups in total. The third-order valence-corrected chi connectivity index (χ3v) is 3.46. The van der Waals surface area contributed by atoms with Gasteiger partial charge in [0.25, 0.3) is 0 Å². The van der Waals surface area contributed by atoms with Gasteiger partial charge in [0.15, 0.2) is 0 Å². The highest BCUT2D eigenvalue weighted by Gasteiger charge is 2.20. The summed E-state index contributed by atoms with van der Waals surface area (Å²) >= 11 is 0. The quantitative estimate of drug-likeness (QED) is 0.791. The average Bonchev–Trinajstić information content (AvgIpc) is 2.98. The van der Waals surface area contributed by atoms with Gasteiger partial charge in [-0.05, 0) is 44.4 Å². The van der Waals surface area contributed by atoms with Gasteiger partial charge in [-0.3, -0.25) is 4.79 Å². The Balaban J connectivity index is 1.87. The lowest BCUT2D eigenvalue weighted by Gasteiger charge is -2.16. The average molecular weight is 289 g/mol. The number of allylic oxidation sites excluding steroid dienone is 2. The zero-order valence-corrected chi connectivity index (χ0v) is 12.6. The molecule has 0 heterocycles. The molecule has 1 aromatic rings. The molecule has 0 radical (unpaired) electrons. The normalized spacial score (nSPS) is 16.2. The fourth-order valence-electron chi connectivity index (χ4n) is 2.36. The first kappa shape index (κ1) is 15.6.